The Morgan fingerprint density at radius 3 is 2.75 bits per heavy atom. The minimum Gasteiger partial charge on any atom is -0.456 e. The lowest BCUT2D eigenvalue weighted by Gasteiger charge is -2.03. The average Bonchev–Trinajstić information content (AvgIpc) is 3.09. The van der Waals surface area contributed by atoms with E-state index in [1.165, 1.54) is 29.2 Å². The number of carbonyl (C=O) groups excluding carboxylic acids is 1. The summed E-state index contributed by atoms with van der Waals surface area (Å²) in [7, 11) is 0. The molecule has 0 aliphatic heterocycles. The zero-order chi connectivity index (χ0) is 16.9. The van der Waals surface area contributed by atoms with Crippen LogP contribution < -0.4 is 0 Å². The van der Waals surface area contributed by atoms with Gasteiger partial charge in [0.05, 0.1) is 11.3 Å². The van der Waals surface area contributed by atoms with Crippen LogP contribution in [0, 0.1) is 0 Å². The number of rotatable bonds is 5. The summed E-state index contributed by atoms with van der Waals surface area (Å²) in [5, 5.41) is 3.07. The molecule has 0 unspecified atom stereocenters. The maximum atomic E-state index is 12.0. The minimum atomic E-state index is -0.443. The number of carbonyl (C=O) groups is 1. The van der Waals surface area contributed by atoms with Crippen molar-refractivity contribution in [3.05, 3.63) is 69.9 Å². The quantitative estimate of drug-likeness (QED) is 0.486. The van der Waals surface area contributed by atoms with Crippen molar-refractivity contribution in [1.82, 2.24) is 9.97 Å². The maximum absolute atomic E-state index is 12.0. The molecule has 0 saturated carbocycles. The van der Waals surface area contributed by atoms with E-state index in [4.69, 9.17) is 16.3 Å². The van der Waals surface area contributed by atoms with Gasteiger partial charge >= 0.3 is 5.97 Å². The van der Waals surface area contributed by atoms with E-state index in [0.717, 1.165) is 22.7 Å². The van der Waals surface area contributed by atoms with Gasteiger partial charge in [-0.05, 0) is 24.1 Å². The third-order valence-corrected chi connectivity index (χ3v) is 4.62. The number of thiazole rings is 1. The van der Waals surface area contributed by atoms with Crippen LogP contribution in [-0.2, 0) is 17.8 Å². The van der Waals surface area contributed by atoms with Crippen molar-refractivity contribution in [1.29, 1.82) is 0 Å². The van der Waals surface area contributed by atoms with Gasteiger partial charge in [-0.3, -0.25) is 0 Å². The average molecular weight is 359 g/mol. The molecule has 0 aliphatic carbocycles. The Morgan fingerprint density at radius 2 is 2.04 bits per heavy atom. The first-order valence-corrected chi connectivity index (χ1v) is 8.74. The van der Waals surface area contributed by atoms with E-state index >= 15 is 0 Å². The molecule has 2 aromatic heterocycles. The van der Waals surface area contributed by atoms with E-state index in [0.29, 0.717) is 5.56 Å². The fourth-order valence-corrected chi connectivity index (χ4v) is 3.13. The monoisotopic (exact) mass is 358 g/mol. The summed E-state index contributed by atoms with van der Waals surface area (Å²) in [5.74, 6) is -0.443. The molecule has 3 rings (SSSR count). The highest BCUT2D eigenvalue weighted by Gasteiger charge is 2.10. The molecule has 0 fully saturated rings. The van der Waals surface area contributed by atoms with Crippen LogP contribution in [0.5, 0.6) is 0 Å². The van der Waals surface area contributed by atoms with Gasteiger partial charge in [-0.2, -0.15) is 0 Å². The summed E-state index contributed by atoms with van der Waals surface area (Å²) < 4.78 is 5.27. The predicted octanol–water partition coefficient (Wildman–Crippen LogP) is 4.78. The van der Waals surface area contributed by atoms with Crippen LogP contribution in [0.4, 0.5) is 0 Å². The first kappa shape index (κ1) is 16.6. The van der Waals surface area contributed by atoms with E-state index in [-0.39, 0.29) is 11.8 Å². The number of benzene rings is 1. The number of ether oxygens (including phenoxy) is 1. The van der Waals surface area contributed by atoms with Gasteiger partial charge in [0.2, 0.25) is 0 Å². The lowest BCUT2D eigenvalue weighted by atomic mass is 10.1. The van der Waals surface area contributed by atoms with Gasteiger partial charge in [0, 0.05) is 17.1 Å². The molecule has 0 spiro atoms. The normalized spacial score (nSPS) is 10.6. The molecule has 0 atom stereocenters. The topological polar surface area (TPSA) is 52.1 Å². The number of pyridine rings is 1. The van der Waals surface area contributed by atoms with Crippen molar-refractivity contribution in [2.45, 2.75) is 20.0 Å². The Hall–Kier alpha value is -2.24. The molecule has 4 nitrogen and oxygen atoms in total. The van der Waals surface area contributed by atoms with Gasteiger partial charge in [0.25, 0.3) is 0 Å². The second-order valence-corrected chi connectivity index (χ2v) is 6.38. The predicted molar refractivity (Wildman–Crippen MR) is 95.3 cm³/mol. The van der Waals surface area contributed by atoms with Gasteiger partial charge in [0.1, 0.15) is 16.8 Å². The van der Waals surface area contributed by atoms with Gasteiger partial charge in [0.15, 0.2) is 0 Å². The van der Waals surface area contributed by atoms with Crippen molar-refractivity contribution in [2.24, 2.45) is 0 Å². The van der Waals surface area contributed by atoms with Crippen LogP contribution in [0.15, 0.2) is 48.0 Å². The summed E-state index contributed by atoms with van der Waals surface area (Å²) >= 11 is 7.30. The molecule has 2 heterocycles. The van der Waals surface area contributed by atoms with Crippen LogP contribution in [0.1, 0.15) is 28.5 Å². The molecular formula is C18H15ClN2O2S. The molecule has 0 aliphatic rings. The first-order valence-electron chi connectivity index (χ1n) is 7.48. The largest absolute Gasteiger partial charge is 0.456 e. The van der Waals surface area contributed by atoms with Crippen LogP contribution in [0.25, 0.3) is 10.6 Å². The first-order chi connectivity index (χ1) is 11.7. The summed E-state index contributed by atoms with van der Waals surface area (Å²) in [6.07, 6.45) is 2.48. The SMILES string of the molecule is CCc1ccc(-c2nc(COC(=O)c3ccnc(Cl)c3)cs2)cc1. The fourth-order valence-electron chi connectivity index (χ4n) is 2.14. The Labute approximate surface area is 149 Å². The van der Waals surface area contributed by atoms with Crippen LogP contribution in [0.3, 0.4) is 0 Å². The molecule has 0 bridgehead atoms. The second kappa shape index (κ2) is 7.55. The zero-order valence-corrected chi connectivity index (χ0v) is 14.6. The molecular weight excluding hydrogens is 344 g/mol. The summed E-state index contributed by atoms with van der Waals surface area (Å²) in [6, 6.07) is 11.4. The number of halogens is 1. The molecule has 0 radical (unpaired) electrons. The van der Waals surface area contributed by atoms with E-state index in [9.17, 15) is 4.79 Å². The summed E-state index contributed by atoms with van der Waals surface area (Å²) in [5.41, 5.74) is 3.46. The highest BCUT2D eigenvalue weighted by Crippen LogP contribution is 2.24. The Balaban J connectivity index is 1.64. The van der Waals surface area contributed by atoms with Gasteiger partial charge in [-0.1, -0.05) is 42.8 Å². The third-order valence-electron chi connectivity index (χ3n) is 3.47. The molecule has 24 heavy (non-hydrogen) atoms. The zero-order valence-electron chi connectivity index (χ0n) is 13.0. The Kier molecular flexibility index (Phi) is 5.23. The van der Waals surface area contributed by atoms with Crippen LogP contribution in [-0.4, -0.2) is 15.9 Å². The number of nitrogens with zero attached hydrogens (tertiary/aromatic N) is 2. The number of aromatic nitrogens is 2. The molecule has 3 aromatic rings. The molecule has 0 N–H and O–H groups in total. The number of hydrogen-bond donors (Lipinski definition) is 0. The molecule has 0 amide bonds. The fraction of sp³-hybridized carbons (Fsp3) is 0.167. The van der Waals surface area contributed by atoms with E-state index < -0.39 is 5.97 Å². The second-order valence-electron chi connectivity index (χ2n) is 5.14. The highest BCUT2D eigenvalue weighted by atomic mass is 35.5. The van der Waals surface area contributed by atoms with Crippen molar-refractivity contribution in [3.63, 3.8) is 0 Å². The van der Waals surface area contributed by atoms with Crippen LogP contribution >= 0.6 is 22.9 Å². The number of hydrogen-bond acceptors (Lipinski definition) is 5. The van der Waals surface area contributed by atoms with E-state index in [1.807, 2.05) is 5.38 Å². The standard InChI is InChI=1S/C18H15ClN2O2S/c1-2-12-3-5-13(6-4-12)17-21-15(11-24-17)10-23-18(22)14-7-8-20-16(19)9-14/h3-9,11H,2,10H2,1H3. The highest BCUT2D eigenvalue weighted by molar-refractivity contribution is 7.13. The molecule has 1 aromatic carbocycles. The van der Waals surface area contributed by atoms with E-state index in [2.05, 4.69) is 41.2 Å². The smallest absolute Gasteiger partial charge is 0.338 e. The van der Waals surface area contributed by atoms with Gasteiger partial charge in [-0.25, -0.2) is 14.8 Å². The number of aryl methyl sites for hydroxylation is 1. The van der Waals surface area contributed by atoms with Crippen molar-refractivity contribution in [2.75, 3.05) is 0 Å². The molecule has 0 saturated heterocycles. The summed E-state index contributed by atoms with van der Waals surface area (Å²) in [6.45, 7) is 2.25. The van der Waals surface area contributed by atoms with Crippen LogP contribution in [0.2, 0.25) is 5.15 Å². The van der Waals surface area contributed by atoms with E-state index in [1.54, 1.807) is 6.07 Å². The third kappa shape index (κ3) is 3.99. The van der Waals surface area contributed by atoms with Crippen molar-refractivity contribution in [3.8, 4) is 10.6 Å². The van der Waals surface area contributed by atoms with Gasteiger partial charge in [-0.15, -0.1) is 11.3 Å². The minimum absolute atomic E-state index is 0.127. The molecule has 122 valence electrons. The maximum Gasteiger partial charge on any atom is 0.338 e. The van der Waals surface area contributed by atoms with Crippen molar-refractivity contribution < 1.29 is 9.53 Å². The van der Waals surface area contributed by atoms with Gasteiger partial charge < -0.3 is 4.74 Å². The molecule has 6 heteroatoms. The Morgan fingerprint density at radius 1 is 1.25 bits per heavy atom. The van der Waals surface area contributed by atoms with Crippen molar-refractivity contribution >= 4 is 28.9 Å². The Bertz CT molecular complexity index is 846. The lowest BCUT2D eigenvalue weighted by molar-refractivity contribution is 0.0468. The number of esters is 1. The lowest BCUT2D eigenvalue weighted by Crippen LogP contribution is -2.05. The summed E-state index contributed by atoms with van der Waals surface area (Å²) in [4.78, 5) is 20.3.